The Labute approximate surface area is 83.2 Å². The van der Waals surface area contributed by atoms with Gasteiger partial charge < -0.3 is 10.1 Å². The van der Waals surface area contributed by atoms with E-state index in [9.17, 15) is 4.79 Å². The van der Waals surface area contributed by atoms with Crippen LogP contribution in [0.1, 0.15) is 20.8 Å². The minimum absolute atomic E-state index is 0.387. The topological polar surface area (TPSA) is 62.7 Å². The van der Waals surface area contributed by atoms with Gasteiger partial charge in [-0.25, -0.2) is 9.79 Å². The van der Waals surface area contributed by atoms with Gasteiger partial charge in [0.2, 0.25) is 5.96 Å². The third kappa shape index (κ3) is 3.93. The van der Waals surface area contributed by atoms with Crippen molar-refractivity contribution in [3.05, 3.63) is 12.3 Å². The largest absolute Gasteiger partial charge is 0.444 e. The van der Waals surface area contributed by atoms with Crippen molar-refractivity contribution in [3.63, 3.8) is 0 Å². The molecule has 0 aromatic rings. The van der Waals surface area contributed by atoms with Gasteiger partial charge in [0.15, 0.2) is 0 Å². The van der Waals surface area contributed by atoms with Gasteiger partial charge in [-0.1, -0.05) is 0 Å². The van der Waals surface area contributed by atoms with Crippen LogP contribution in [0.25, 0.3) is 0 Å². The maximum absolute atomic E-state index is 11.2. The van der Waals surface area contributed by atoms with E-state index in [-0.39, 0.29) is 0 Å². The van der Waals surface area contributed by atoms with E-state index in [4.69, 9.17) is 4.74 Å². The number of nitrogens with one attached hydrogen (secondary N) is 2. The Kier molecular flexibility index (Phi) is 3.11. The Morgan fingerprint density at radius 2 is 2.43 bits per heavy atom. The number of aliphatic imine (C=N–C) groups is 1. The highest BCUT2D eigenvalue weighted by Gasteiger charge is 2.17. The predicted molar refractivity (Wildman–Crippen MR) is 52.6 cm³/mol. The molecule has 0 spiro atoms. The van der Waals surface area contributed by atoms with E-state index < -0.39 is 11.7 Å². The molecule has 1 radical (unpaired) electrons. The second kappa shape index (κ2) is 4.13. The molecule has 1 rings (SSSR count). The fourth-order valence-corrected chi connectivity index (χ4v) is 0.813. The summed E-state index contributed by atoms with van der Waals surface area (Å²) in [5.74, 6) is 0.387. The molecule has 0 saturated carbocycles. The average molecular weight is 196 g/mol. The first-order chi connectivity index (χ1) is 6.47. The fourth-order valence-electron chi connectivity index (χ4n) is 0.813. The molecule has 0 unspecified atom stereocenters. The van der Waals surface area contributed by atoms with Crippen LogP contribution in [-0.2, 0) is 4.74 Å². The molecular weight excluding hydrogens is 182 g/mol. The van der Waals surface area contributed by atoms with Crippen LogP contribution < -0.4 is 10.6 Å². The van der Waals surface area contributed by atoms with Crippen molar-refractivity contribution in [3.8, 4) is 0 Å². The first-order valence-corrected chi connectivity index (χ1v) is 4.34. The highest BCUT2D eigenvalue weighted by atomic mass is 16.6. The molecule has 1 amide bonds. The van der Waals surface area contributed by atoms with Gasteiger partial charge in [-0.2, -0.15) is 0 Å². The molecule has 0 fully saturated rings. The Morgan fingerprint density at radius 3 is 2.93 bits per heavy atom. The van der Waals surface area contributed by atoms with E-state index in [1.807, 2.05) is 0 Å². The number of rotatable bonds is 0. The van der Waals surface area contributed by atoms with Crippen molar-refractivity contribution in [1.29, 1.82) is 0 Å². The zero-order chi connectivity index (χ0) is 10.6. The van der Waals surface area contributed by atoms with E-state index in [2.05, 4.69) is 21.7 Å². The smallest absolute Gasteiger partial charge is 0.414 e. The molecule has 14 heavy (non-hydrogen) atoms. The number of hydrogen-bond acceptors (Lipinski definition) is 4. The quantitative estimate of drug-likeness (QED) is 0.602. The fraction of sp³-hybridized carbons (Fsp3) is 0.556. The highest BCUT2D eigenvalue weighted by Crippen LogP contribution is 2.06. The molecule has 0 bridgehead atoms. The zero-order valence-corrected chi connectivity index (χ0v) is 8.55. The lowest BCUT2D eigenvalue weighted by Crippen LogP contribution is -2.44. The van der Waals surface area contributed by atoms with Gasteiger partial charge in [0.05, 0.1) is 0 Å². The average Bonchev–Trinajstić information content (AvgIpc) is 2.02. The van der Waals surface area contributed by atoms with E-state index >= 15 is 0 Å². The predicted octanol–water partition coefficient (Wildman–Crippen LogP) is 0.787. The van der Waals surface area contributed by atoms with Crippen LogP contribution in [0.15, 0.2) is 11.2 Å². The maximum atomic E-state index is 11.2. The van der Waals surface area contributed by atoms with Crippen molar-refractivity contribution in [1.82, 2.24) is 10.6 Å². The first-order valence-electron chi connectivity index (χ1n) is 4.34. The van der Waals surface area contributed by atoms with Crippen LogP contribution in [0.2, 0.25) is 0 Å². The number of hydrogen-bond donors (Lipinski definition) is 2. The van der Waals surface area contributed by atoms with E-state index in [0.29, 0.717) is 12.5 Å². The summed E-state index contributed by atoms with van der Waals surface area (Å²) in [6, 6.07) is 0. The Balaban J connectivity index is 2.41. The molecule has 77 valence electrons. The summed E-state index contributed by atoms with van der Waals surface area (Å²) in [5.41, 5.74) is -0.499. The highest BCUT2D eigenvalue weighted by molar-refractivity contribution is 5.94. The van der Waals surface area contributed by atoms with Crippen LogP contribution in [-0.4, -0.2) is 24.2 Å². The van der Waals surface area contributed by atoms with Crippen molar-refractivity contribution in [2.24, 2.45) is 4.99 Å². The third-order valence-electron chi connectivity index (χ3n) is 1.26. The van der Waals surface area contributed by atoms with Gasteiger partial charge in [-0.05, 0) is 26.8 Å². The van der Waals surface area contributed by atoms with Crippen molar-refractivity contribution in [2.75, 3.05) is 6.54 Å². The number of amides is 1. The number of ether oxygens (including phenoxy) is 1. The molecule has 1 aliphatic rings. The van der Waals surface area contributed by atoms with Gasteiger partial charge in [-0.3, -0.25) is 5.32 Å². The summed E-state index contributed by atoms with van der Waals surface area (Å²) in [4.78, 5) is 15.1. The molecule has 1 heterocycles. The second-order valence-corrected chi connectivity index (χ2v) is 3.79. The standard InChI is InChI=1S/C9H14N3O2/c1-9(2,3)14-8(13)12-7-10-5-4-6-11-7/h5H,6H2,1-3H3,(H2,10,11,12,13). The first kappa shape index (κ1) is 10.6. The van der Waals surface area contributed by atoms with Crippen molar-refractivity contribution < 1.29 is 9.53 Å². The molecular formula is C9H14N3O2. The van der Waals surface area contributed by atoms with Gasteiger partial charge in [0.1, 0.15) is 5.60 Å². The van der Waals surface area contributed by atoms with E-state index in [1.165, 1.54) is 6.20 Å². The van der Waals surface area contributed by atoms with Crippen molar-refractivity contribution in [2.45, 2.75) is 26.4 Å². The summed E-state index contributed by atoms with van der Waals surface area (Å²) in [6.45, 7) is 5.94. The zero-order valence-electron chi connectivity index (χ0n) is 8.55. The normalized spacial score (nSPS) is 15.5. The minimum atomic E-state index is -0.515. The summed E-state index contributed by atoms with van der Waals surface area (Å²) in [6.07, 6.45) is 3.81. The lowest BCUT2D eigenvalue weighted by molar-refractivity contribution is 0.0561. The maximum Gasteiger partial charge on any atom is 0.414 e. The molecule has 0 aromatic carbocycles. The lowest BCUT2D eigenvalue weighted by Gasteiger charge is -2.20. The summed E-state index contributed by atoms with van der Waals surface area (Å²) < 4.78 is 5.04. The van der Waals surface area contributed by atoms with Gasteiger partial charge in [-0.15, -0.1) is 0 Å². The SMILES string of the molecule is CC(C)(C)OC(=O)NC1=NC=[C]CN1. The van der Waals surface area contributed by atoms with E-state index in [1.54, 1.807) is 20.8 Å². The minimum Gasteiger partial charge on any atom is -0.444 e. The number of guanidine groups is 1. The van der Waals surface area contributed by atoms with Gasteiger partial charge in [0.25, 0.3) is 0 Å². The van der Waals surface area contributed by atoms with E-state index in [0.717, 1.165) is 0 Å². The molecule has 1 aliphatic heterocycles. The third-order valence-corrected chi connectivity index (χ3v) is 1.26. The van der Waals surface area contributed by atoms with Crippen molar-refractivity contribution >= 4 is 12.1 Å². The molecule has 0 atom stereocenters. The number of carbonyl (C=O) groups is 1. The molecule has 0 saturated heterocycles. The summed E-state index contributed by atoms with van der Waals surface area (Å²) in [5, 5.41) is 5.31. The van der Waals surface area contributed by atoms with Gasteiger partial charge in [0, 0.05) is 12.7 Å². The molecule has 5 heteroatoms. The Morgan fingerprint density at radius 1 is 1.71 bits per heavy atom. The van der Waals surface area contributed by atoms with Crippen LogP contribution in [0.3, 0.4) is 0 Å². The molecule has 2 N–H and O–H groups in total. The Bertz CT molecular complexity index is 276. The van der Waals surface area contributed by atoms with Gasteiger partial charge >= 0.3 is 6.09 Å². The molecule has 0 aliphatic carbocycles. The number of nitrogens with zero attached hydrogens (tertiary/aromatic N) is 1. The van der Waals surface area contributed by atoms with Crippen LogP contribution in [0, 0.1) is 6.08 Å². The van der Waals surface area contributed by atoms with Crippen LogP contribution in [0.4, 0.5) is 4.79 Å². The second-order valence-electron chi connectivity index (χ2n) is 3.79. The lowest BCUT2D eigenvalue weighted by atomic mass is 10.2. The number of carbonyl (C=O) groups excluding carboxylic acids is 1. The molecule has 0 aromatic heterocycles. The Hall–Kier alpha value is -1.52. The van der Waals surface area contributed by atoms with Crippen LogP contribution >= 0.6 is 0 Å². The summed E-state index contributed by atoms with van der Waals surface area (Å²) >= 11 is 0. The summed E-state index contributed by atoms with van der Waals surface area (Å²) in [7, 11) is 0. The number of alkyl carbamates (subject to hydrolysis) is 1. The van der Waals surface area contributed by atoms with Crippen LogP contribution in [0.5, 0.6) is 0 Å². The monoisotopic (exact) mass is 196 g/mol. The molecule has 5 nitrogen and oxygen atoms in total.